The second-order valence-electron chi connectivity index (χ2n) is 5.63. The fraction of sp³-hybridized carbons (Fsp3) is 0.588. The van der Waals surface area contributed by atoms with Gasteiger partial charge in [-0.2, -0.15) is 0 Å². The van der Waals surface area contributed by atoms with E-state index in [0.29, 0.717) is 12.6 Å². The molecule has 1 aromatic carbocycles. The summed E-state index contributed by atoms with van der Waals surface area (Å²) in [4.78, 5) is 14.8. The van der Waals surface area contributed by atoms with Crippen molar-refractivity contribution in [3.8, 4) is 0 Å². The van der Waals surface area contributed by atoms with Crippen molar-refractivity contribution in [3.05, 3.63) is 29.8 Å². The molecule has 1 heterocycles. The zero-order valence-electron chi connectivity index (χ0n) is 13.0. The van der Waals surface area contributed by atoms with E-state index in [1.165, 1.54) is 5.56 Å². The van der Waals surface area contributed by atoms with Crippen LogP contribution in [0.3, 0.4) is 0 Å². The molecule has 1 atom stereocenters. The van der Waals surface area contributed by atoms with Gasteiger partial charge in [0, 0.05) is 18.3 Å². The molecular formula is C17H26N2O2. The second kappa shape index (κ2) is 7.57. The number of benzene rings is 1. The van der Waals surface area contributed by atoms with Crippen molar-refractivity contribution in [2.45, 2.75) is 51.6 Å². The number of anilines is 1. The number of rotatable bonds is 6. The monoisotopic (exact) mass is 290 g/mol. The number of nitrogens with zero attached hydrogens (tertiary/aromatic N) is 1. The highest BCUT2D eigenvalue weighted by Gasteiger charge is 2.31. The number of para-hydroxylation sites is 1. The maximum absolute atomic E-state index is 12.6. The van der Waals surface area contributed by atoms with Gasteiger partial charge < -0.3 is 10.4 Å². The highest BCUT2D eigenvalue weighted by atomic mass is 16.3. The van der Waals surface area contributed by atoms with Gasteiger partial charge in [0.1, 0.15) is 0 Å². The van der Waals surface area contributed by atoms with Crippen LogP contribution in [0, 0.1) is 0 Å². The van der Waals surface area contributed by atoms with Crippen LogP contribution in [0.15, 0.2) is 24.3 Å². The normalized spacial score (nSPS) is 18.5. The lowest BCUT2D eigenvalue weighted by molar-refractivity contribution is -0.122. The Morgan fingerprint density at radius 2 is 2.05 bits per heavy atom. The van der Waals surface area contributed by atoms with Gasteiger partial charge in [0.2, 0.25) is 5.91 Å². The first-order valence-corrected chi connectivity index (χ1v) is 7.96. The minimum Gasteiger partial charge on any atom is -0.395 e. The summed E-state index contributed by atoms with van der Waals surface area (Å²) in [6, 6.07) is 8.18. The van der Waals surface area contributed by atoms with Crippen LogP contribution in [-0.2, 0) is 11.2 Å². The molecule has 1 unspecified atom stereocenters. The Morgan fingerprint density at radius 3 is 2.71 bits per heavy atom. The minimum absolute atomic E-state index is 0.0558. The van der Waals surface area contributed by atoms with Gasteiger partial charge in [0.15, 0.2) is 0 Å². The summed E-state index contributed by atoms with van der Waals surface area (Å²) in [5.41, 5.74) is 2.13. The lowest BCUT2D eigenvalue weighted by Gasteiger charge is -2.35. The molecule has 0 saturated carbocycles. The van der Waals surface area contributed by atoms with Gasteiger partial charge in [0.05, 0.1) is 12.6 Å². The quantitative estimate of drug-likeness (QED) is 0.846. The topological polar surface area (TPSA) is 52.6 Å². The average molecular weight is 290 g/mol. The van der Waals surface area contributed by atoms with Crippen LogP contribution >= 0.6 is 0 Å². The van der Waals surface area contributed by atoms with Crippen LogP contribution in [0.4, 0.5) is 5.69 Å². The molecule has 1 aliphatic rings. The standard InChI is InChI=1S/C17H26N2O2/c1-3-14(4-2)19(11-12-20)16-10-9-13-7-5-6-8-15(13)18-17(16)21/h5-8,14,16,20H,3-4,9-12H2,1-2H3,(H,18,21). The Bertz CT molecular complexity index is 472. The predicted molar refractivity (Wildman–Crippen MR) is 85.3 cm³/mol. The summed E-state index contributed by atoms with van der Waals surface area (Å²) >= 11 is 0. The number of fused-ring (bicyclic) bond motifs is 1. The molecule has 0 bridgehead atoms. The van der Waals surface area contributed by atoms with Crippen molar-refractivity contribution < 1.29 is 9.90 Å². The van der Waals surface area contributed by atoms with Crippen LogP contribution in [-0.4, -0.2) is 41.1 Å². The average Bonchev–Trinajstić information content (AvgIpc) is 2.66. The molecule has 0 radical (unpaired) electrons. The van der Waals surface area contributed by atoms with Gasteiger partial charge in [-0.1, -0.05) is 32.0 Å². The third kappa shape index (κ3) is 3.63. The van der Waals surface area contributed by atoms with Crippen LogP contribution < -0.4 is 5.32 Å². The lowest BCUT2D eigenvalue weighted by atomic mass is 10.0. The molecule has 4 nitrogen and oxygen atoms in total. The van der Waals surface area contributed by atoms with E-state index in [0.717, 1.165) is 31.4 Å². The van der Waals surface area contributed by atoms with Gasteiger partial charge in [-0.25, -0.2) is 0 Å². The third-order valence-corrected chi connectivity index (χ3v) is 4.44. The van der Waals surface area contributed by atoms with Crippen molar-refractivity contribution >= 4 is 11.6 Å². The molecule has 1 aromatic rings. The summed E-state index contributed by atoms with van der Waals surface area (Å²) in [5, 5.41) is 12.4. The van der Waals surface area contributed by atoms with Gasteiger partial charge in [-0.05, 0) is 37.3 Å². The molecule has 4 heteroatoms. The van der Waals surface area contributed by atoms with Gasteiger partial charge in [0.25, 0.3) is 0 Å². The summed E-state index contributed by atoms with van der Waals surface area (Å²) in [7, 11) is 0. The van der Waals surface area contributed by atoms with Crippen LogP contribution in [0.25, 0.3) is 0 Å². The van der Waals surface area contributed by atoms with Crippen molar-refractivity contribution in [2.24, 2.45) is 0 Å². The number of carbonyl (C=O) groups is 1. The number of aliphatic hydroxyl groups is 1. The highest BCUT2D eigenvalue weighted by molar-refractivity contribution is 5.96. The lowest BCUT2D eigenvalue weighted by Crippen LogP contribution is -2.49. The van der Waals surface area contributed by atoms with E-state index in [1.54, 1.807) is 0 Å². The van der Waals surface area contributed by atoms with E-state index in [9.17, 15) is 9.90 Å². The van der Waals surface area contributed by atoms with Crippen molar-refractivity contribution in [1.29, 1.82) is 0 Å². The highest BCUT2D eigenvalue weighted by Crippen LogP contribution is 2.25. The summed E-state index contributed by atoms with van der Waals surface area (Å²) < 4.78 is 0. The number of carbonyl (C=O) groups excluding carboxylic acids is 1. The van der Waals surface area contributed by atoms with Crippen molar-refractivity contribution in [2.75, 3.05) is 18.5 Å². The first kappa shape index (κ1) is 16.0. The van der Waals surface area contributed by atoms with E-state index in [-0.39, 0.29) is 18.6 Å². The molecule has 1 amide bonds. The van der Waals surface area contributed by atoms with Crippen LogP contribution in [0.2, 0.25) is 0 Å². The Labute approximate surface area is 127 Å². The van der Waals surface area contributed by atoms with E-state index in [1.807, 2.05) is 18.2 Å². The maximum atomic E-state index is 12.6. The molecule has 0 fully saturated rings. The van der Waals surface area contributed by atoms with Gasteiger partial charge in [-0.15, -0.1) is 0 Å². The van der Waals surface area contributed by atoms with Crippen LogP contribution in [0.1, 0.15) is 38.7 Å². The van der Waals surface area contributed by atoms with E-state index >= 15 is 0 Å². The third-order valence-electron chi connectivity index (χ3n) is 4.44. The maximum Gasteiger partial charge on any atom is 0.241 e. The molecule has 0 saturated heterocycles. The molecule has 0 spiro atoms. The summed E-state index contributed by atoms with van der Waals surface area (Å²) in [5.74, 6) is 0.0558. The predicted octanol–water partition coefficient (Wildman–Crippen LogP) is 2.42. The molecule has 1 aliphatic heterocycles. The molecule has 116 valence electrons. The Morgan fingerprint density at radius 1 is 1.33 bits per heavy atom. The molecule has 21 heavy (non-hydrogen) atoms. The van der Waals surface area contributed by atoms with Gasteiger partial charge >= 0.3 is 0 Å². The van der Waals surface area contributed by atoms with Crippen molar-refractivity contribution in [3.63, 3.8) is 0 Å². The number of nitrogens with one attached hydrogen (secondary N) is 1. The SMILES string of the molecule is CCC(CC)N(CCO)C1CCc2ccccc2NC1=O. The molecule has 2 N–H and O–H groups in total. The smallest absolute Gasteiger partial charge is 0.241 e. The fourth-order valence-electron chi connectivity index (χ4n) is 3.28. The summed E-state index contributed by atoms with van der Waals surface area (Å²) in [6.45, 7) is 4.93. The summed E-state index contributed by atoms with van der Waals surface area (Å²) in [6.07, 6.45) is 3.68. The van der Waals surface area contributed by atoms with Crippen molar-refractivity contribution in [1.82, 2.24) is 4.90 Å². The molecular weight excluding hydrogens is 264 g/mol. The fourth-order valence-corrected chi connectivity index (χ4v) is 3.28. The second-order valence-corrected chi connectivity index (χ2v) is 5.63. The first-order valence-electron chi connectivity index (χ1n) is 7.96. The van der Waals surface area contributed by atoms with Crippen LogP contribution in [0.5, 0.6) is 0 Å². The largest absolute Gasteiger partial charge is 0.395 e. The molecule has 2 rings (SSSR count). The Hall–Kier alpha value is -1.39. The Kier molecular flexibility index (Phi) is 5.76. The van der Waals surface area contributed by atoms with Gasteiger partial charge in [-0.3, -0.25) is 9.69 Å². The zero-order chi connectivity index (χ0) is 15.2. The Balaban J connectivity index is 2.20. The molecule has 0 aliphatic carbocycles. The molecule has 0 aromatic heterocycles. The number of hydrogen-bond donors (Lipinski definition) is 2. The number of aryl methyl sites for hydroxylation is 1. The minimum atomic E-state index is -0.158. The van der Waals surface area contributed by atoms with E-state index < -0.39 is 0 Å². The first-order chi connectivity index (χ1) is 10.2. The number of aliphatic hydroxyl groups excluding tert-OH is 1. The number of hydrogen-bond acceptors (Lipinski definition) is 3. The van der Waals surface area contributed by atoms with E-state index in [2.05, 4.69) is 30.1 Å². The zero-order valence-corrected chi connectivity index (χ0v) is 13.0. The van der Waals surface area contributed by atoms with E-state index in [4.69, 9.17) is 0 Å². The number of amides is 1.